The van der Waals surface area contributed by atoms with Crippen molar-refractivity contribution in [3.8, 4) is 0 Å². The second-order valence-corrected chi connectivity index (χ2v) is 4.24. The highest BCUT2D eigenvalue weighted by atomic mass is 16.4. The molecule has 2 aromatic rings. The van der Waals surface area contributed by atoms with E-state index in [-0.39, 0.29) is 5.92 Å². The molecule has 18 heavy (non-hydrogen) atoms. The van der Waals surface area contributed by atoms with Gasteiger partial charge in [0.1, 0.15) is 0 Å². The first-order valence-corrected chi connectivity index (χ1v) is 5.86. The van der Waals surface area contributed by atoms with E-state index < -0.39 is 11.9 Å². The second-order valence-electron chi connectivity index (χ2n) is 4.24. The molecule has 0 spiro atoms. The Morgan fingerprint density at radius 3 is 1.78 bits per heavy atom. The minimum Gasteiger partial charge on any atom is -0.481 e. The van der Waals surface area contributed by atoms with Crippen LogP contribution in [0.4, 0.5) is 0 Å². The Labute approximate surface area is 107 Å². The van der Waals surface area contributed by atoms with Crippen LogP contribution in [0.5, 0.6) is 0 Å². The monoisotopic (exact) mass is 239 g/mol. The van der Waals surface area contributed by atoms with Crippen molar-refractivity contribution in [1.29, 1.82) is 0 Å². The predicted octanol–water partition coefficient (Wildman–Crippen LogP) is 3.47. The summed E-state index contributed by atoms with van der Waals surface area (Å²) in [5.74, 6) is -1.76. The summed E-state index contributed by atoms with van der Waals surface area (Å²) < 4.78 is 0. The molecule has 2 aromatic carbocycles. The van der Waals surface area contributed by atoms with E-state index in [2.05, 4.69) is 6.92 Å². The van der Waals surface area contributed by atoms with Gasteiger partial charge in [-0.15, -0.1) is 0 Å². The van der Waals surface area contributed by atoms with E-state index in [1.165, 1.54) is 0 Å². The molecule has 0 fully saturated rings. The lowest BCUT2D eigenvalue weighted by Gasteiger charge is -2.20. The summed E-state index contributed by atoms with van der Waals surface area (Å²) in [6.45, 7) is 4.03. The molecule has 2 heteroatoms. The summed E-state index contributed by atoms with van der Waals surface area (Å²) >= 11 is 0. The zero-order valence-electron chi connectivity index (χ0n) is 9.99. The van der Waals surface area contributed by atoms with Crippen LogP contribution < -0.4 is 0 Å². The summed E-state index contributed by atoms with van der Waals surface area (Å²) in [5, 5.41) is 9.42. The van der Waals surface area contributed by atoms with Gasteiger partial charge in [-0.1, -0.05) is 60.7 Å². The normalized spacial score (nSPS) is 13.8. The first-order valence-electron chi connectivity index (χ1n) is 5.86. The average molecular weight is 239 g/mol. The predicted molar refractivity (Wildman–Crippen MR) is 71.4 cm³/mol. The zero-order valence-corrected chi connectivity index (χ0v) is 9.99. The minimum absolute atomic E-state index is 0.300. The highest BCUT2D eigenvalue weighted by Crippen LogP contribution is 2.32. The lowest BCUT2D eigenvalue weighted by molar-refractivity contribution is -0.139. The lowest BCUT2D eigenvalue weighted by atomic mass is 9.83. The van der Waals surface area contributed by atoms with Gasteiger partial charge < -0.3 is 5.11 Å². The van der Waals surface area contributed by atoms with Crippen molar-refractivity contribution in [2.75, 3.05) is 0 Å². The Morgan fingerprint density at radius 2 is 1.33 bits per heavy atom. The number of hydrogen-bond donors (Lipinski definition) is 1. The first kappa shape index (κ1) is 12.4. The number of hydrogen-bond acceptors (Lipinski definition) is 1. The molecule has 2 atom stereocenters. The van der Waals surface area contributed by atoms with Gasteiger partial charge in [-0.2, -0.15) is 0 Å². The molecular formula is C16H15O2. The van der Waals surface area contributed by atoms with Gasteiger partial charge in [0.15, 0.2) is 0 Å². The molecule has 0 aliphatic carbocycles. The van der Waals surface area contributed by atoms with E-state index >= 15 is 0 Å². The van der Waals surface area contributed by atoms with E-state index in [1.54, 1.807) is 0 Å². The lowest BCUT2D eigenvalue weighted by Crippen LogP contribution is -2.18. The van der Waals surface area contributed by atoms with Crippen LogP contribution in [0.1, 0.15) is 23.0 Å². The van der Waals surface area contributed by atoms with E-state index in [4.69, 9.17) is 0 Å². The van der Waals surface area contributed by atoms with Gasteiger partial charge in [0.05, 0.1) is 5.92 Å². The number of aliphatic carboxylic acids is 1. The average Bonchev–Trinajstić information content (AvgIpc) is 2.40. The Morgan fingerprint density at radius 1 is 0.889 bits per heavy atom. The quantitative estimate of drug-likeness (QED) is 0.887. The molecule has 0 aliphatic rings. The third kappa shape index (κ3) is 2.59. The van der Waals surface area contributed by atoms with Crippen LogP contribution in [-0.4, -0.2) is 11.1 Å². The molecule has 2 nitrogen and oxygen atoms in total. The molecule has 1 N–H and O–H groups in total. The van der Waals surface area contributed by atoms with Crippen LogP contribution in [0.2, 0.25) is 0 Å². The molecule has 2 unspecified atom stereocenters. The zero-order chi connectivity index (χ0) is 13.0. The van der Waals surface area contributed by atoms with Crippen molar-refractivity contribution >= 4 is 5.97 Å². The van der Waals surface area contributed by atoms with Crippen LogP contribution in [0, 0.1) is 6.92 Å². The summed E-state index contributed by atoms with van der Waals surface area (Å²) in [5.41, 5.74) is 1.72. The third-order valence-electron chi connectivity index (χ3n) is 3.05. The summed E-state index contributed by atoms with van der Waals surface area (Å²) in [7, 11) is 0. The molecule has 0 heterocycles. The van der Waals surface area contributed by atoms with Crippen molar-refractivity contribution in [2.24, 2.45) is 0 Å². The van der Waals surface area contributed by atoms with Crippen molar-refractivity contribution in [1.82, 2.24) is 0 Å². The smallest absolute Gasteiger partial charge is 0.311 e. The van der Waals surface area contributed by atoms with Gasteiger partial charge in [0.25, 0.3) is 0 Å². The number of carbonyl (C=O) groups is 1. The fraction of sp³-hybridized carbons (Fsp3) is 0.125. The van der Waals surface area contributed by atoms with E-state index in [0.717, 1.165) is 11.1 Å². The van der Waals surface area contributed by atoms with Gasteiger partial charge in [0, 0.05) is 5.92 Å². The summed E-state index contributed by atoms with van der Waals surface area (Å²) in [6.07, 6.45) is 0. The Kier molecular flexibility index (Phi) is 3.78. The fourth-order valence-electron chi connectivity index (χ4n) is 2.10. The van der Waals surface area contributed by atoms with Crippen LogP contribution in [0.3, 0.4) is 0 Å². The number of rotatable bonds is 4. The van der Waals surface area contributed by atoms with Crippen molar-refractivity contribution < 1.29 is 9.90 Å². The van der Waals surface area contributed by atoms with Crippen molar-refractivity contribution in [3.05, 3.63) is 78.7 Å². The summed E-state index contributed by atoms with van der Waals surface area (Å²) in [4.78, 5) is 11.5. The van der Waals surface area contributed by atoms with Crippen molar-refractivity contribution in [3.63, 3.8) is 0 Å². The highest BCUT2D eigenvalue weighted by Gasteiger charge is 2.27. The molecule has 0 aliphatic heterocycles. The highest BCUT2D eigenvalue weighted by molar-refractivity contribution is 5.77. The standard InChI is InChI=1S/C16H15O2/c1-12(13-8-4-2-5-9-13)15(16(17)18)14-10-6-3-7-11-14/h2-12,15H,1H2,(H,17,18). The Hall–Kier alpha value is -2.09. The van der Waals surface area contributed by atoms with Gasteiger partial charge in [-0.3, -0.25) is 4.79 Å². The largest absolute Gasteiger partial charge is 0.481 e. The van der Waals surface area contributed by atoms with E-state index in [0.29, 0.717) is 0 Å². The molecule has 0 bridgehead atoms. The molecule has 0 saturated heterocycles. The number of carboxylic acid groups (broad SMARTS) is 1. The van der Waals surface area contributed by atoms with Crippen LogP contribution in [-0.2, 0) is 4.79 Å². The molecule has 0 aromatic heterocycles. The Balaban J connectivity index is 2.35. The second kappa shape index (κ2) is 5.50. The molecule has 0 saturated carbocycles. The van der Waals surface area contributed by atoms with Gasteiger partial charge in [-0.25, -0.2) is 0 Å². The first-order chi connectivity index (χ1) is 8.70. The fourth-order valence-corrected chi connectivity index (χ4v) is 2.10. The molecule has 2 rings (SSSR count). The van der Waals surface area contributed by atoms with Crippen LogP contribution >= 0.6 is 0 Å². The number of benzene rings is 2. The van der Waals surface area contributed by atoms with E-state index in [9.17, 15) is 9.90 Å². The summed E-state index contributed by atoms with van der Waals surface area (Å²) in [6, 6.07) is 18.8. The molecule has 91 valence electrons. The molecule has 0 amide bonds. The molecular weight excluding hydrogens is 224 g/mol. The maximum Gasteiger partial charge on any atom is 0.311 e. The van der Waals surface area contributed by atoms with Gasteiger partial charge >= 0.3 is 5.97 Å². The SMILES string of the molecule is [CH2]C(c1ccccc1)C(C(=O)O)c1ccccc1. The number of carboxylic acids is 1. The maximum atomic E-state index is 11.5. The topological polar surface area (TPSA) is 37.3 Å². The van der Waals surface area contributed by atoms with E-state index in [1.807, 2.05) is 60.7 Å². The Bertz CT molecular complexity index is 505. The van der Waals surface area contributed by atoms with Crippen molar-refractivity contribution in [2.45, 2.75) is 11.8 Å². The van der Waals surface area contributed by atoms with Crippen LogP contribution in [0.25, 0.3) is 0 Å². The maximum absolute atomic E-state index is 11.5. The van der Waals surface area contributed by atoms with Gasteiger partial charge in [-0.05, 0) is 18.1 Å². The van der Waals surface area contributed by atoms with Crippen LogP contribution in [0.15, 0.2) is 60.7 Å². The minimum atomic E-state index is -0.843. The molecule has 1 radical (unpaired) electrons. The van der Waals surface area contributed by atoms with Gasteiger partial charge in [0.2, 0.25) is 0 Å². The third-order valence-corrected chi connectivity index (χ3v) is 3.05.